The van der Waals surface area contributed by atoms with Crippen molar-refractivity contribution in [1.29, 1.82) is 0 Å². The van der Waals surface area contributed by atoms with Gasteiger partial charge >= 0.3 is 0 Å². The molecular formula is C20H39IN6. The van der Waals surface area contributed by atoms with E-state index in [0.29, 0.717) is 12.6 Å². The summed E-state index contributed by atoms with van der Waals surface area (Å²) >= 11 is 0. The first-order valence-electron chi connectivity index (χ1n) is 10.5. The first-order valence-corrected chi connectivity index (χ1v) is 10.5. The smallest absolute Gasteiger partial charge is 0.191 e. The van der Waals surface area contributed by atoms with Crippen molar-refractivity contribution in [3.63, 3.8) is 0 Å². The van der Waals surface area contributed by atoms with Crippen LogP contribution < -0.4 is 10.6 Å². The van der Waals surface area contributed by atoms with Crippen LogP contribution in [0.2, 0.25) is 0 Å². The van der Waals surface area contributed by atoms with Crippen LogP contribution in [0.5, 0.6) is 0 Å². The zero-order valence-corrected chi connectivity index (χ0v) is 20.0. The first kappa shape index (κ1) is 24.2. The van der Waals surface area contributed by atoms with Gasteiger partial charge in [-0.05, 0) is 39.0 Å². The molecule has 1 fully saturated rings. The molecule has 0 bridgehead atoms. The second-order valence-electron chi connectivity index (χ2n) is 7.79. The molecule has 0 saturated heterocycles. The number of hydrogen-bond donors (Lipinski definition) is 2. The van der Waals surface area contributed by atoms with E-state index >= 15 is 0 Å². The third kappa shape index (κ3) is 8.79. The van der Waals surface area contributed by atoms with Crippen LogP contribution in [0.1, 0.15) is 83.3 Å². The van der Waals surface area contributed by atoms with Crippen LogP contribution in [0.3, 0.4) is 0 Å². The van der Waals surface area contributed by atoms with Crippen molar-refractivity contribution in [3.05, 3.63) is 11.6 Å². The van der Waals surface area contributed by atoms with Gasteiger partial charge in [0.05, 0.1) is 0 Å². The van der Waals surface area contributed by atoms with E-state index in [1.54, 1.807) is 0 Å². The summed E-state index contributed by atoms with van der Waals surface area (Å²) < 4.78 is 2.00. The van der Waals surface area contributed by atoms with Gasteiger partial charge in [0.15, 0.2) is 11.8 Å². The maximum absolute atomic E-state index is 4.75. The van der Waals surface area contributed by atoms with Gasteiger partial charge in [0.1, 0.15) is 12.4 Å². The lowest BCUT2D eigenvalue weighted by Gasteiger charge is -2.24. The Hall–Kier alpha value is -0.860. The van der Waals surface area contributed by atoms with Crippen LogP contribution in [0.25, 0.3) is 0 Å². The van der Waals surface area contributed by atoms with Crippen LogP contribution in [-0.4, -0.2) is 33.3 Å². The van der Waals surface area contributed by atoms with Gasteiger partial charge in [-0.2, -0.15) is 0 Å². The van der Waals surface area contributed by atoms with E-state index in [2.05, 4.69) is 34.7 Å². The van der Waals surface area contributed by atoms with Crippen molar-refractivity contribution in [2.24, 2.45) is 18.0 Å². The Labute approximate surface area is 182 Å². The van der Waals surface area contributed by atoms with Gasteiger partial charge in [-0.1, -0.05) is 45.4 Å². The highest BCUT2D eigenvalue weighted by molar-refractivity contribution is 14.0. The van der Waals surface area contributed by atoms with Crippen LogP contribution in [0.15, 0.2) is 4.99 Å². The van der Waals surface area contributed by atoms with Crippen molar-refractivity contribution >= 4 is 29.9 Å². The predicted octanol–water partition coefficient (Wildman–Crippen LogP) is 4.33. The molecule has 1 heterocycles. The Morgan fingerprint density at radius 3 is 2.63 bits per heavy atom. The Kier molecular flexibility index (Phi) is 11.9. The Morgan fingerprint density at radius 2 is 2.00 bits per heavy atom. The molecule has 6 nitrogen and oxygen atoms in total. The molecule has 1 saturated carbocycles. The molecule has 1 atom stereocenters. The van der Waals surface area contributed by atoms with Crippen LogP contribution in [0, 0.1) is 12.8 Å². The van der Waals surface area contributed by atoms with E-state index in [-0.39, 0.29) is 24.0 Å². The van der Waals surface area contributed by atoms with Crippen LogP contribution >= 0.6 is 24.0 Å². The second-order valence-corrected chi connectivity index (χ2v) is 7.79. The van der Waals surface area contributed by atoms with Crippen molar-refractivity contribution in [1.82, 2.24) is 25.4 Å². The van der Waals surface area contributed by atoms with E-state index in [1.165, 1.54) is 51.4 Å². The number of nitrogens with zero attached hydrogens (tertiary/aromatic N) is 4. The monoisotopic (exact) mass is 490 g/mol. The Balaban J connectivity index is 0.00000364. The summed E-state index contributed by atoms with van der Waals surface area (Å²) in [4.78, 5) is 4.75. The summed E-state index contributed by atoms with van der Waals surface area (Å²) in [6.07, 6.45) is 12.0. The molecule has 1 aliphatic rings. The quantitative estimate of drug-likeness (QED) is 0.234. The maximum atomic E-state index is 4.75. The molecule has 0 aliphatic heterocycles. The van der Waals surface area contributed by atoms with Gasteiger partial charge in [0.2, 0.25) is 0 Å². The Bertz CT molecular complexity index is 551. The highest BCUT2D eigenvalue weighted by Crippen LogP contribution is 2.27. The molecule has 1 unspecified atom stereocenters. The van der Waals surface area contributed by atoms with Crippen molar-refractivity contribution in [3.8, 4) is 0 Å². The SMILES string of the molecule is CCCCNC(=NCc1nnc(C)n1C)NC(C)CCC1CCCCC1.I. The predicted molar refractivity (Wildman–Crippen MR) is 124 cm³/mol. The van der Waals surface area contributed by atoms with Crippen LogP contribution in [0.4, 0.5) is 0 Å². The number of hydrogen-bond acceptors (Lipinski definition) is 3. The maximum Gasteiger partial charge on any atom is 0.191 e. The number of nitrogens with one attached hydrogen (secondary N) is 2. The summed E-state index contributed by atoms with van der Waals surface area (Å²) in [6.45, 7) is 7.95. The number of aromatic nitrogens is 3. The zero-order chi connectivity index (χ0) is 18.8. The Morgan fingerprint density at radius 1 is 1.26 bits per heavy atom. The molecule has 0 spiro atoms. The molecule has 27 heavy (non-hydrogen) atoms. The zero-order valence-electron chi connectivity index (χ0n) is 17.6. The van der Waals surface area contributed by atoms with Crippen LogP contribution in [-0.2, 0) is 13.6 Å². The lowest BCUT2D eigenvalue weighted by molar-refractivity contribution is 0.322. The van der Waals surface area contributed by atoms with Gasteiger partial charge < -0.3 is 15.2 Å². The third-order valence-electron chi connectivity index (χ3n) is 5.50. The summed E-state index contributed by atoms with van der Waals surface area (Å²) in [5.41, 5.74) is 0. The molecule has 1 aromatic heterocycles. The minimum Gasteiger partial charge on any atom is -0.356 e. The topological polar surface area (TPSA) is 67.1 Å². The molecule has 156 valence electrons. The molecule has 0 radical (unpaired) electrons. The number of aryl methyl sites for hydroxylation is 1. The van der Waals surface area contributed by atoms with E-state index in [9.17, 15) is 0 Å². The third-order valence-corrected chi connectivity index (χ3v) is 5.50. The molecular weight excluding hydrogens is 451 g/mol. The van der Waals surface area contributed by atoms with Crippen molar-refractivity contribution in [2.75, 3.05) is 6.54 Å². The fraction of sp³-hybridized carbons (Fsp3) is 0.850. The summed E-state index contributed by atoms with van der Waals surface area (Å²) in [7, 11) is 1.99. The highest BCUT2D eigenvalue weighted by Gasteiger charge is 2.15. The second kappa shape index (κ2) is 13.3. The lowest BCUT2D eigenvalue weighted by atomic mass is 9.85. The number of unbranched alkanes of at least 4 members (excludes halogenated alkanes) is 1. The summed E-state index contributed by atoms with van der Waals surface area (Å²) in [6, 6.07) is 0.436. The highest BCUT2D eigenvalue weighted by atomic mass is 127. The van der Waals surface area contributed by atoms with Gasteiger partial charge in [0.25, 0.3) is 0 Å². The van der Waals surface area contributed by atoms with Crippen molar-refractivity contribution < 1.29 is 0 Å². The fourth-order valence-electron chi connectivity index (χ4n) is 3.54. The van der Waals surface area contributed by atoms with E-state index < -0.39 is 0 Å². The molecule has 2 rings (SSSR count). The van der Waals surface area contributed by atoms with E-state index in [4.69, 9.17) is 4.99 Å². The van der Waals surface area contributed by atoms with Gasteiger partial charge in [-0.15, -0.1) is 34.2 Å². The van der Waals surface area contributed by atoms with Gasteiger partial charge in [0, 0.05) is 19.6 Å². The van der Waals surface area contributed by atoms with Gasteiger partial charge in [-0.3, -0.25) is 0 Å². The average Bonchev–Trinajstić information content (AvgIpc) is 2.97. The molecule has 0 aromatic carbocycles. The molecule has 1 aliphatic carbocycles. The van der Waals surface area contributed by atoms with Gasteiger partial charge in [-0.25, -0.2) is 4.99 Å². The summed E-state index contributed by atoms with van der Waals surface area (Å²) in [5, 5.41) is 15.4. The number of rotatable bonds is 9. The van der Waals surface area contributed by atoms with Crippen molar-refractivity contribution in [2.45, 2.75) is 91.1 Å². The standard InChI is InChI=1S/C20H38N6.HI/c1-5-6-14-21-20(22-15-19-25-24-17(3)26(19)4)23-16(2)12-13-18-10-8-7-9-11-18;/h16,18H,5-15H2,1-4H3,(H2,21,22,23);1H. The van der Waals surface area contributed by atoms with E-state index in [0.717, 1.165) is 36.5 Å². The largest absolute Gasteiger partial charge is 0.356 e. The lowest BCUT2D eigenvalue weighted by Crippen LogP contribution is -2.42. The number of aliphatic imine (C=N–C) groups is 1. The average molecular weight is 490 g/mol. The molecule has 0 amide bonds. The number of guanidine groups is 1. The fourth-order valence-corrected chi connectivity index (χ4v) is 3.54. The minimum atomic E-state index is 0. The normalized spacial score (nSPS) is 16.7. The molecule has 1 aromatic rings. The molecule has 7 heteroatoms. The minimum absolute atomic E-state index is 0. The first-order chi connectivity index (χ1) is 12.6. The molecule has 2 N–H and O–H groups in total. The van der Waals surface area contributed by atoms with E-state index in [1.807, 2.05) is 18.5 Å². The summed E-state index contributed by atoms with van der Waals surface area (Å²) in [5.74, 6) is 3.65. The number of halogens is 1.